The van der Waals surface area contributed by atoms with E-state index in [1.54, 1.807) is 12.4 Å². The summed E-state index contributed by atoms with van der Waals surface area (Å²) in [6.45, 7) is 8.22. The summed E-state index contributed by atoms with van der Waals surface area (Å²) in [6, 6.07) is 2.02. The van der Waals surface area contributed by atoms with Crippen LogP contribution in [-0.2, 0) is 9.53 Å². The first kappa shape index (κ1) is 17.9. The third-order valence-corrected chi connectivity index (χ3v) is 5.25. The van der Waals surface area contributed by atoms with Gasteiger partial charge in [-0.05, 0) is 32.8 Å². The van der Waals surface area contributed by atoms with Gasteiger partial charge < -0.3 is 14.5 Å². The molecule has 4 rings (SSSR count). The van der Waals surface area contributed by atoms with Crippen LogP contribution in [0, 0.1) is 19.8 Å². The van der Waals surface area contributed by atoms with E-state index in [0.29, 0.717) is 38.7 Å². The van der Waals surface area contributed by atoms with Crippen molar-refractivity contribution in [1.82, 2.24) is 24.6 Å². The lowest BCUT2D eigenvalue weighted by Crippen LogP contribution is -2.48. The molecule has 27 heavy (non-hydrogen) atoms. The number of ether oxygens (including phenoxy) is 1. The number of carbonyl (C=O) groups is 1. The number of hydrogen-bond acceptors (Lipinski definition) is 6. The fourth-order valence-electron chi connectivity index (χ4n) is 3.89. The number of nitrogens with zero attached hydrogens (tertiary/aromatic N) is 6. The maximum atomic E-state index is 12.9. The third-order valence-electron chi connectivity index (χ3n) is 5.25. The monoisotopic (exact) mass is 370 g/mol. The van der Waals surface area contributed by atoms with E-state index >= 15 is 0 Å². The van der Waals surface area contributed by atoms with Crippen molar-refractivity contribution in [3.05, 3.63) is 29.8 Å². The zero-order valence-electron chi connectivity index (χ0n) is 16.0. The van der Waals surface area contributed by atoms with Gasteiger partial charge in [0, 0.05) is 31.9 Å². The molecule has 8 nitrogen and oxygen atoms in total. The lowest BCUT2D eigenvalue weighted by atomic mass is 9.96. The number of piperidine rings is 1. The first-order valence-corrected chi connectivity index (χ1v) is 9.59. The molecule has 1 atom stereocenters. The van der Waals surface area contributed by atoms with Crippen LogP contribution in [0.25, 0.3) is 5.82 Å². The van der Waals surface area contributed by atoms with Gasteiger partial charge in [0.1, 0.15) is 5.82 Å². The zero-order chi connectivity index (χ0) is 18.8. The average molecular weight is 370 g/mol. The molecule has 2 aromatic heterocycles. The van der Waals surface area contributed by atoms with E-state index in [2.05, 4.69) is 15.0 Å². The topological polar surface area (TPSA) is 76.4 Å². The second-order valence-electron chi connectivity index (χ2n) is 7.30. The summed E-state index contributed by atoms with van der Waals surface area (Å²) in [5, 5.41) is 4.49. The second-order valence-corrected chi connectivity index (χ2v) is 7.30. The summed E-state index contributed by atoms with van der Waals surface area (Å²) in [6.07, 6.45) is 5.41. The lowest BCUT2D eigenvalue weighted by molar-refractivity contribution is -0.139. The Morgan fingerprint density at radius 2 is 1.93 bits per heavy atom. The molecule has 2 aliphatic heterocycles. The first-order chi connectivity index (χ1) is 13.1. The van der Waals surface area contributed by atoms with Crippen molar-refractivity contribution in [1.29, 1.82) is 0 Å². The van der Waals surface area contributed by atoms with Crippen LogP contribution in [0.3, 0.4) is 0 Å². The molecule has 0 aliphatic carbocycles. The van der Waals surface area contributed by atoms with Crippen LogP contribution in [0.2, 0.25) is 0 Å². The van der Waals surface area contributed by atoms with Crippen LogP contribution in [0.5, 0.6) is 0 Å². The first-order valence-electron chi connectivity index (χ1n) is 9.59. The van der Waals surface area contributed by atoms with Gasteiger partial charge in [0.2, 0.25) is 5.91 Å². The van der Waals surface area contributed by atoms with Crippen molar-refractivity contribution in [2.45, 2.75) is 26.7 Å². The minimum atomic E-state index is 0.0102. The Hall–Kier alpha value is -2.48. The Morgan fingerprint density at radius 3 is 2.67 bits per heavy atom. The highest BCUT2D eigenvalue weighted by molar-refractivity contribution is 5.79. The van der Waals surface area contributed by atoms with Crippen LogP contribution in [-0.4, -0.2) is 69.9 Å². The number of amides is 1. The summed E-state index contributed by atoms with van der Waals surface area (Å²) in [4.78, 5) is 26.1. The van der Waals surface area contributed by atoms with Crippen LogP contribution >= 0.6 is 0 Å². The number of carbonyl (C=O) groups excluding carboxylic acids is 1. The lowest BCUT2D eigenvalue weighted by Gasteiger charge is -2.36. The SMILES string of the molecule is Cc1cc(C)n(-c2cncc(N3CCCC(C(=O)N4CCOCC4)C3)n2)n1. The van der Waals surface area contributed by atoms with E-state index in [4.69, 9.17) is 9.72 Å². The molecule has 0 aromatic carbocycles. The van der Waals surface area contributed by atoms with Gasteiger partial charge in [0.25, 0.3) is 0 Å². The molecule has 1 amide bonds. The standard InChI is InChI=1S/C19H26N6O2/c1-14-10-15(2)25(22-14)18-12-20-11-17(21-18)24-5-3-4-16(13-24)19(26)23-6-8-27-9-7-23/h10-12,16H,3-9,13H2,1-2H3. The summed E-state index contributed by atoms with van der Waals surface area (Å²) < 4.78 is 7.18. The van der Waals surface area contributed by atoms with Gasteiger partial charge in [-0.1, -0.05) is 0 Å². The molecule has 0 radical (unpaired) electrons. The van der Waals surface area contributed by atoms with E-state index < -0.39 is 0 Å². The summed E-state index contributed by atoms with van der Waals surface area (Å²) >= 11 is 0. The molecule has 0 saturated carbocycles. The van der Waals surface area contributed by atoms with E-state index in [9.17, 15) is 4.79 Å². The van der Waals surface area contributed by atoms with Gasteiger partial charge in [0.05, 0.1) is 37.2 Å². The Balaban J connectivity index is 1.50. The number of anilines is 1. The number of aromatic nitrogens is 4. The number of hydrogen-bond donors (Lipinski definition) is 0. The molecule has 2 saturated heterocycles. The molecule has 2 aliphatic rings. The normalized spacial score (nSPS) is 20.7. The van der Waals surface area contributed by atoms with Gasteiger partial charge in [-0.25, -0.2) is 9.67 Å². The van der Waals surface area contributed by atoms with Gasteiger partial charge in [-0.2, -0.15) is 5.10 Å². The van der Waals surface area contributed by atoms with E-state index in [0.717, 1.165) is 36.6 Å². The maximum Gasteiger partial charge on any atom is 0.227 e. The Morgan fingerprint density at radius 1 is 1.15 bits per heavy atom. The van der Waals surface area contributed by atoms with Crippen molar-refractivity contribution in [2.24, 2.45) is 5.92 Å². The number of aryl methyl sites for hydroxylation is 2. The minimum Gasteiger partial charge on any atom is -0.378 e. The van der Waals surface area contributed by atoms with E-state index in [1.165, 1.54) is 0 Å². The quantitative estimate of drug-likeness (QED) is 0.812. The molecule has 2 aromatic rings. The maximum absolute atomic E-state index is 12.9. The van der Waals surface area contributed by atoms with Crippen LogP contribution in [0.15, 0.2) is 18.5 Å². The molecule has 1 unspecified atom stereocenters. The minimum absolute atomic E-state index is 0.0102. The molecule has 0 spiro atoms. The third kappa shape index (κ3) is 3.80. The molecular formula is C19H26N6O2. The van der Waals surface area contributed by atoms with Gasteiger partial charge in [0.15, 0.2) is 5.82 Å². The highest BCUT2D eigenvalue weighted by Gasteiger charge is 2.30. The predicted molar refractivity (Wildman–Crippen MR) is 101 cm³/mol. The van der Waals surface area contributed by atoms with Crippen molar-refractivity contribution >= 4 is 11.7 Å². The molecule has 2 fully saturated rings. The predicted octanol–water partition coefficient (Wildman–Crippen LogP) is 1.35. The van der Waals surface area contributed by atoms with Crippen molar-refractivity contribution in [2.75, 3.05) is 44.3 Å². The molecule has 144 valence electrons. The van der Waals surface area contributed by atoms with Gasteiger partial charge in [-0.3, -0.25) is 9.78 Å². The van der Waals surface area contributed by atoms with E-state index in [-0.39, 0.29) is 11.8 Å². The molecule has 0 N–H and O–H groups in total. The summed E-state index contributed by atoms with van der Waals surface area (Å²) in [5.74, 6) is 1.76. The summed E-state index contributed by atoms with van der Waals surface area (Å²) in [7, 11) is 0. The zero-order valence-corrected chi connectivity index (χ0v) is 16.0. The van der Waals surface area contributed by atoms with Crippen molar-refractivity contribution in [3.8, 4) is 5.82 Å². The smallest absolute Gasteiger partial charge is 0.227 e. The number of morpholine rings is 1. The summed E-state index contributed by atoms with van der Waals surface area (Å²) in [5.41, 5.74) is 1.98. The van der Waals surface area contributed by atoms with Gasteiger partial charge in [-0.15, -0.1) is 0 Å². The molecule has 8 heteroatoms. The number of rotatable bonds is 3. The Bertz CT molecular complexity index is 814. The molecule has 0 bridgehead atoms. The van der Waals surface area contributed by atoms with Crippen molar-refractivity contribution < 1.29 is 9.53 Å². The van der Waals surface area contributed by atoms with Crippen LogP contribution in [0.1, 0.15) is 24.2 Å². The fraction of sp³-hybridized carbons (Fsp3) is 0.579. The highest BCUT2D eigenvalue weighted by Crippen LogP contribution is 2.24. The largest absolute Gasteiger partial charge is 0.378 e. The molecular weight excluding hydrogens is 344 g/mol. The van der Waals surface area contributed by atoms with Crippen molar-refractivity contribution in [3.63, 3.8) is 0 Å². The van der Waals surface area contributed by atoms with Crippen LogP contribution in [0.4, 0.5) is 5.82 Å². The Kier molecular flexibility index (Phi) is 5.07. The van der Waals surface area contributed by atoms with Gasteiger partial charge >= 0.3 is 0 Å². The average Bonchev–Trinajstić information content (AvgIpc) is 3.06. The van der Waals surface area contributed by atoms with E-state index in [1.807, 2.05) is 29.5 Å². The highest BCUT2D eigenvalue weighted by atomic mass is 16.5. The second kappa shape index (κ2) is 7.64. The fourth-order valence-corrected chi connectivity index (χ4v) is 3.89. The van der Waals surface area contributed by atoms with Crippen LogP contribution < -0.4 is 4.90 Å². The Labute approximate surface area is 159 Å². The molecule has 4 heterocycles.